The van der Waals surface area contributed by atoms with E-state index in [1.54, 1.807) is 25.1 Å². The molecule has 0 aliphatic carbocycles. The molecule has 0 bridgehead atoms. The predicted molar refractivity (Wildman–Crippen MR) is 134 cm³/mol. The van der Waals surface area contributed by atoms with Crippen molar-refractivity contribution in [3.8, 4) is 0 Å². The van der Waals surface area contributed by atoms with Gasteiger partial charge in [0.2, 0.25) is 5.91 Å². The Kier molecular flexibility index (Phi) is 7.67. The van der Waals surface area contributed by atoms with Crippen molar-refractivity contribution in [2.75, 3.05) is 13.7 Å². The Morgan fingerprint density at radius 2 is 1.94 bits per heavy atom. The fourth-order valence-electron chi connectivity index (χ4n) is 3.56. The second-order valence-electron chi connectivity index (χ2n) is 7.88. The van der Waals surface area contributed by atoms with Crippen molar-refractivity contribution in [2.24, 2.45) is 0 Å². The molecule has 180 valence electrons. The molecule has 0 saturated carbocycles. The number of hydrogen-bond acceptors (Lipinski definition) is 7. The lowest BCUT2D eigenvalue weighted by Crippen LogP contribution is -2.33. The first-order chi connectivity index (χ1) is 17.0. The van der Waals surface area contributed by atoms with Crippen molar-refractivity contribution < 1.29 is 18.7 Å². The Morgan fingerprint density at radius 1 is 1.14 bits per heavy atom. The number of amides is 1. The van der Waals surface area contributed by atoms with Gasteiger partial charge in [-0.05, 0) is 49.2 Å². The van der Waals surface area contributed by atoms with Crippen LogP contribution in [0.25, 0.3) is 10.9 Å². The number of aromatic nitrogens is 2. The van der Waals surface area contributed by atoms with Crippen LogP contribution in [-0.2, 0) is 22.5 Å². The van der Waals surface area contributed by atoms with Gasteiger partial charge in [-0.2, -0.15) is 0 Å². The molecule has 9 heteroatoms. The third-order valence-electron chi connectivity index (χ3n) is 5.44. The lowest BCUT2D eigenvalue weighted by molar-refractivity contribution is -0.120. The molecule has 1 N–H and O–H groups in total. The zero-order chi connectivity index (χ0) is 24.8. The summed E-state index contributed by atoms with van der Waals surface area (Å²) in [6.07, 6.45) is 2.25. The number of benzene rings is 2. The van der Waals surface area contributed by atoms with Gasteiger partial charge in [-0.25, -0.2) is 9.78 Å². The smallest absolute Gasteiger partial charge is 0.337 e. The molecule has 4 aromatic rings. The molecule has 1 amide bonds. The van der Waals surface area contributed by atoms with E-state index in [0.29, 0.717) is 33.9 Å². The Bertz CT molecular complexity index is 1380. The molecule has 0 fully saturated rings. The summed E-state index contributed by atoms with van der Waals surface area (Å²) < 4.78 is 11.7. The molecule has 2 heterocycles. The van der Waals surface area contributed by atoms with E-state index in [4.69, 9.17) is 9.15 Å². The Balaban J connectivity index is 1.59. The van der Waals surface area contributed by atoms with Crippen molar-refractivity contribution in [3.63, 3.8) is 0 Å². The van der Waals surface area contributed by atoms with Gasteiger partial charge in [-0.1, -0.05) is 42.1 Å². The van der Waals surface area contributed by atoms with E-state index in [0.717, 1.165) is 12.0 Å². The van der Waals surface area contributed by atoms with E-state index in [-0.39, 0.29) is 18.0 Å². The molecule has 1 atom stereocenters. The molecule has 2 aromatic heterocycles. The molecule has 2 aromatic carbocycles. The van der Waals surface area contributed by atoms with E-state index in [9.17, 15) is 14.4 Å². The first-order valence-corrected chi connectivity index (χ1v) is 12.0. The number of thioether (sulfide) groups is 1. The summed E-state index contributed by atoms with van der Waals surface area (Å²) in [5.41, 5.74) is 1.49. The highest BCUT2D eigenvalue weighted by atomic mass is 32.2. The van der Waals surface area contributed by atoms with Crippen LogP contribution in [0.1, 0.15) is 28.6 Å². The molecular weight excluding hydrogens is 466 g/mol. The lowest BCUT2D eigenvalue weighted by atomic mass is 10.1. The van der Waals surface area contributed by atoms with Gasteiger partial charge < -0.3 is 14.5 Å². The van der Waals surface area contributed by atoms with E-state index in [1.807, 2.05) is 30.3 Å². The molecular formula is C26H25N3O5S. The number of furan rings is 1. The number of hydrogen-bond donors (Lipinski definition) is 1. The molecule has 8 nitrogen and oxygen atoms in total. The molecule has 0 spiro atoms. The number of ether oxygens (including phenoxy) is 1. The Morgan fingerprint density at radius 3 is 2.66 bits per heavy atom. The van der Waals surface area contributed by atoms with Crippen LogP contribution in [-0.4, -0.2) is 40.3 Å². The first kappa shape index (κ1) is 24.3. The molecule has 0 aliphatic heterocycles. The summed E-state index contributed by atoms with van der Waals surface area (Å²) in [4.78, 5) is 42.7. The van der Waals surface area contributed by atoms with Crippen LogP contribution in [0.5, 0.6) is 0 Å². The highest BCUT2D eigenvalue weighted by Crippen LogP contribution is 2.24. The zero-order valence-corrected chi connectivity index (χ0v) is 20.2. The third kappa shape index (κ3) is 5.81. The molecule has 1 unspecified atom stereocenters. The van der Waals surface area contributed by atoms with Gasteiger partial charge in [-0.15, -0.1) is 0 Å². The monoisotopic (exact) mass is 491 g/mol. The van der Waals surface area contributed by atoms with Crippen molar-refractivity contribution in [2.45, 2.75) is 30.3 Å². The van der Waals surface area contributed by atoms with Crippen LogP contribution in [0, 0.1) is 0 Å². The molecule has 4 rings (SSSR count). The predicted octanol–water partition coefficient (Wildman–Crippen LogP) is 3.66. The van der Waals surface area contributed by atoms with Gasteiger partial charge in [0, 0.05) is 6.54 Å². The highest BCUT2D eigenvalue weighted by Gasteiger charge is 2.21. The number of nitrogens with one attached hydrogen (secondary N) is 1. The summed E-state index contributed by atoms with van der Waals surface area (Å²) in [7, 11) is 1.29. The van der Waals surface area contributed by atoms with E-state index < -0.39 is 11.2 Å². The second kappa shape index (κ2) is 11.1. The summed E-state index contributed by atoms with van der Waals surface area (Å²) in [5, 5.41) is 3.14. The lowest BCUT2D eigenvalue weighted by Gasteiger charge is -2.16. The van der Waals surface area contributed by atoms with Crippen LogP contribution < -0.4 is 10.9 Å². The average molecular weight is 492 g/mol. The fourth-order valence-corrected chi connectivity index (χ4v) is 4.50. The van der Waals surface area contributed by atoms with E-state index in [1.165, 1.54) is 41.8 Å². The zero-order valence-electron chi connectivity index (χ0n) is 19.4. The standard InChI is InChI=1S/C26H25N3O5S/c1-17(23(30)27-13-12-18-7-4-3-5-8-18)35-26-28-22-15-19(25(32)33-2)10-11-21(22)24(31)29(26)16-20-9-6-14-34-20/h3-11,14-15,17H,12-13,16H2,1-2H3,(H,27,30). The van der Waals surface area contributed by atoms with Gasteiger partial charge in [0.25, 0.3) is 5.56 Å². The van der Waals surface area contributed by atoms with Gasteiger partial charge in [0.15, 0.2) is 5.16 Å². The van der Waals surface area contributed by atoms with Crippen LogP contribution in [0.3, 0.4) is 0 Å². The number of methoxy groups -OCH3 is 1. The third-order valence-corrected chi connectivity index (χ3v) is 6.53. The van der Waals surface area contributed by atoms with Crippen LogP contribution in [0.2, 0.25) is 0 Å². The fraction of sp³-hybridized carbons (Fsp3) is 0.231. The number of rotatable bonds is 9. The van der Waals surface area contributed by atoms with Gasteiger partial charge in [0.05, 0.1) is 41.6 Å². The molecule has 0 radical (unpaired) electrons. The average Bonchev–Trinajstić information content (AvgIpc) is 3.39. The van der Waals surface area contributed by atoms with Crippen molar-refractivity contribution in [1.29, 1.82) is 0 Å². The Hall–Kier alpha value is -3.85. The van der Waals surface area contributed by atoms with Crippen LogP contribution >= 0.6 is 11.8 Å². The number of carbonyl (C=O) groups is 2. The summed E-state index contributed by atoms with van der Waals surface area (Å²) in [6.45, 7) is 2.43. The SMILES string of the molecule is COC(=O)c1ccc2c(=O)n(Cc3ccco3)c(SC(C)C(=O)NCCc3ccccc3)nc2c1. The molecule has 0 saturated heterocycles. The summed E-state index contributed by atoms with van der Waals surface area (Å²) in [5.74, 6) is -0.0942. The number of esters is 1. The first-order valence-electron chi connectivity index (χ1n) is 11.1. The number of fused-ring (bicyclic) bond motifs is 1. The minimum absolute atomic E-state index is 0.159. The van der Waals surface area contributed by atoms with E-state index in [2.05, 4.69) is 10.3 Å². The van der Waals surface area contributed by atoms with Crippen molar-refractivity contribution in [3.05, 3.63) is 94.2 Å². The quantitative estimate of drug-likeness (QED) is 0.216. The van der Waals surface area contributed by atoms with Crippen molar-refractivity contribution in [1.82, 2.24) is 14.9 Å². The molecule has 0 aliphatic rings. The Labute approximate surface area is 206 Å². The van der Waals surface area contributed by atoms with Crippen LogP contribution in [0.15, 0.2) is 81.3 Å². The topological polar surface area (TPSA) is 103 Å². The minimum atomic E-state index is -0.520. The minimum Gasteiger partial charge on any atom is -0.467 e. The van der Waals surface area contributed by atoms with E-state index >= 15 is 0 Å². The normalized spacial score (nSPS) is 11.8. The van der Waals surface area contributed by atoms with Gasteiger partial charge in [0.1, 0.15) is 5.76 Å². The maximum absolute atomic E-state index is 13.4. The van der Waals surface area contributed by atoms with Crippen LogP contribution in [0.4, 0.5) is 0 Å². The maximum Gasteiger partial charge on any atom is 0.337 e. The second-order valence-corrected chi connectivity index (χ2v) is 9.18. The van der Waals surface area contributed by atoms with Crippen molar-refractivity contribution >= 4 is 34.5 Å². The molecule has 35 heavy (non-hydrogen) atoms. The highest BCUT2D eigenvalue weighted by molar-refractivity contribution is 8.00. The van der Waals surface area contributed by atoms with Gasteiger partial charge >= 0.3 is 5.97 Å². The maximum atomic E-state index is 13.4. The number of carbonyl (C=O) groups excluding carboxylic acids is 2. The summed E-state index contributed by atoms with van der Waals surface area (Å²) in [6, 6.07) is 18.0. The number of nitrogens with zero attached hydrogens (tertiary/aromatic N) is 2. The van der Waals surface area contributed by atoms with Gasteiger partial charge in [-0.3, -0.25) is 14.2 Å². The summed E-state index contributed by atoms with van der Waals surface area (Å²) >= 11 is 1.18. The largest absolute Gasteiger partial charge is 0.467 e.